The largest absolute Gasteiger partial charge is 0.493 e. The maximum atomic E-state index is 14.0. The number of imidazole rings is 1. The molecule has 2 aromatic carbocycles. The number of methoxy groups -OCH3 is 1. The number of nitrogens with two attached hydrogens (primary N) is 1. The number of sulfonamides is 1. The second-order valence-corrected chi connectivity index (χ2v) is 13.9. The molecule has 0 radical (unpaired) electrons. The van der Waals surface area contributed by atoms with Gasteiger partial charge in [0.25, 0.3) is 0 Å². The number of amides is 3. The van der Waals surface area contributed by atoms with Crippen molar-refractivity contribution in [2.24, 2.45) is 5.73 Å². The maximum Gasteiger partial charge on any atom is 0.245 e. The minimum Gasteiger partial charge on any atom is -0.493 e. The highest BCUT2D eigenvalue weighted by atomic mass is 32.2. The van der Waals surface area contributed by atoms with Crippen molar-refractivity contribution in [1.82, 2.24) is 24.1 Å². The van der Waals surface area contributed by atoms with Crippen LogP contribution < -0.4 is 30.0 Å². The Hall–Kier alpha value is -4.83. The third-order valence-electron chi connectivity index (χ3n) is 8.46. The predicted octanol–water partition coefficient (Wildman–Crippen LogP) is 2.18. The minimum atomic E-state index is -3.95. The van der Waals surface area contributed by atoms with Gasteiger partial charge in [0, 0.05) is 70.1 Å². The van der Waals surface area contributed by atoms with Crippen molar-refractivity contribution < 1.29 is 41.7 Å². The lowest BCUT2D eigenvalue weighted by molar-refractivity contribution is -0.136. The van der Waals surface area contributed by atoms with Crippen LogP contribution in [0.25, 0.3) is 11.4 Å². The summed E-state index contributed by atoms with van der Waals surface area (Å²) in [5, 5.41) is 2.67. The van der Waals surface area contributed by atoms with E-state index in [0.29, 0.717) is 67.8 Å². The van der Waals surface area contributed by atoms with E-state index >= 15 is 0 Å². The maximum absolute atomic E-state index is 14.0. The lowest BCUT2D eigenvalue weighted by atomic mass is 10.1. The Morgan fingerprint density at radius 1 is 0.920 bits per heavy atom. The zero-order valence-corrected chi connectivity index (χ0v) is 29.2. The third-order valence-corrected chi connectivity index (χ3v) is 10.4. The molecule has 2 aliphatic rings. The Kier molecular flexibility index (Phi) is 12.2. The summed E-state index contributed by atoms with van der Waals surface area (Å²) < 4.78 is 54.3. The average molecular weight is 713 g/mol. The number of carbonyl (C=O) groups excluding carboxylic acids is 3. The van der Waals surface area contributed by atoms with Gasteiger partial charge in [0.05, 0.1) is 18.6 Å². The van der Waals surface area contributed by atoms with Crippen LogP contribution in [0.3, 0.4) is 0 Å². The van der Waals surface area contributed by atoms with E-state index in [9.17, 15) is 22.8 Å². The molecule has 0 unspecified atom stereocenters. The Bertz CT molecular complexity index is 1780. The highest BCUT2D eigenvalue weighted by Crippen LogP contribution is 2.34. The summed E-state index contributed by atoms with van der Waals surface area (Å²) in [6, 6.07) is 9.10. The van der Waals surface area contributed by atoms with Gasteiger partial charge >= 0.3 is 0 Å². The molecule has 2 aliphatic heterocycles. The molecule has 1 atom stereocenters. The van der Waals surface area contributed by atoms with Gasteiger partial charge < -0.3 is 39.5 Å². The van der Waals surface area contributed by atoms with E-state index in [1.807, 2.05) is 22.9 Å². The first kappa shape index (κ1) is 36.5. The van der Waals surface area contributed by atoms with Gasteiger partial charge in [0.15, 0.2) is 23.0 Å². The molecular weight excluding hydrogens is 668 g/mol. The SMILES string of the molecule is COc1ccc2cc1OCCCN(S(=O)(=O)c1ccc3c(c1)OCCO3)CCCCN(C(=O)[C@H](CCC(N)=O)NC(C)=O)CCn1ccnc1-2. The summed E-state index contributed by atoms with van der Waals surface area (Å²) in [5.41, 5.74) is 6.12. The van der Waals surface area contributed by atoms with Crippen LogP contribution in [0.15, 0.2) is 53.7 Å². The normalized spacial score (nSPS) is 16.6. The molecule has 270 valence electrons. The quantitative estimate of drug-likeness (QED) is 0.351. The van der Waals surface area contributed by atoms with E-state index < -0.39 is 27.9 Å². The van der Waals surface area contributed by atoms with Gasteiger partial charge in [-0.15, -0.1) is 0 Å². The Morgan fingerprint density at radius 3 is 2.42 bits per heavy atom. The molecule has 3 heterocycles. The number of ether oxygens (including phenoxy) is 4. The van der Waals surface area contributed by atoms with Gasteiger partial charge in [-0.2, -0.15) is 4.31 Å². The number of aromatic nitrogens is 2. The Balaban J connectivity index is 1.44. The molecule has 0 saturated carbocycles. The molecule has 3 aromatic rings. The standard InChI is InChI=1S/C34H44N6O9S/c1-24(41)37-27(8-11-32(35)42)34(43)39-13-3-4-14-40(50(44,45)26-7-10-29-31(23-26)49-21-20-48-29)15-5-19-47-30-22-25(6-9-28(30)46-2)33-36-12-16-38(33)17-18-39/h6-7,9-10,12,16,22-23,27H,3-5,8,11,13-15,17-21H2,1-2H3,(H2,35,42)(H,37,41)/t27-/m0/s1. The summed E-state index contributed by atoms with van der Waals surface area (Å²) >= 11 is 0. The van der Waals surface area contributed by atoms with Gasteiger partial charge in [0.2, 0.25) is 27.7 Å². The first-order chi connectivity index (χ1) is 24.1. The number of fused-ring (bicyclic) bond motifs is 5. The smallest absolute Gasteiger partial charge is 0.245 e. The van der Waals surface area contributed by atoms with Crippen LogP contribution >= 0.6 is 0 Å². The van der Waals surface area contributed by atoms with E-state index in [4.69, 9.17) is 24.7 Å². The molecule has 3 amide bonds. The zero-order chi connectivity index (χ0) is 35.7. The Morgan fingerprint density at radius 2 is 1.66 bits per heavy atom. The highest BCUT2D eigenvalue weighted by Gasteiger charge is 2.28. The number of nitrogens with zero attached hydrogens (tertiary/aromatic N) is 4. The number of nitrogens with one attached hydrogen (secondary N) is 1. The van der Waals surface area contributed by atoms with Crippen molar-refractivity contribution in [3.63, 3.8) is 0 Å². The number of hydrogen-bond donors (Lipinski definition) is 2. The molecule has 3 N–H and O–H groups in total. The second-order valence-electron chi connectivity index (χ2n) is 12.0. The van der Waals surface area contributed by atoms with Gasteiger partial charge in [-0.05, 0) is 56.0 Å². The van der Waals surface area contributed by atoms with Gasteiger partial charge in [-0.1, -0.05) is 0 Å². The van der Waals surface area contributed by atoms with Crippen LogP contribution in [0.5, 0.6) is 23.0 Å². The van der Waals surface area contributed by atoms with Crippen molar-refractivity contribution in [3.8, 4) is 34.4 Å². The number of carbonyl (C=O) groups is 3. The summed E-state index contributed by atoms with van der Waals surface area (Å²) in [4.78, 5) is 43.8. The third kappa shape index (κ3) is 9.04. The van der Waals surface area contributed by atoms with E-state index in [1.54, 1.807) is 30.3 Å². The fraction of sp³-hybridized carbons (Fsp3) is 0.471. The summed E-state index contributed by atoms with van der Waals surface area (Å²) in [6.07, 6.45) is 4.75. The monoisotopic (exact) mass is 712 g/mol. The van der Waals surface area contributed by atoms with Crippen LogP contribution in [0.1, 0.15) is 39.0 Å². The number of benzene rings is 2. The molecule has 0 spiro atoms. The average Bonchev–Trinajstić information content (AvgIpc) is 3.58. The lowest BCUT2D eigenvalue weighted by Crippen LogP contribution is -2.49. The molecule has 15 nitrogen and oxygen atoms in total. The second kappa shape index (κ2) is 16.7. The van der Waals surface area contributed by atoms with E-state index in [2.05, 4.69) is 10.3 Å². The molecule has 0 saturated heterocycles. The van der Waals surface area contributed by atoms with Crippen molar-refractivity contribution >= 4 is 27.7 Å². The molecular formula is C34H44N6O9S. The van der Waals surface area contributed by atoms with Crippen molar-refractivity contribution in [3.05, 3.63) is 48.8 Å². The van der Waals surface area contributed by atoms with Gasteiger partial charge in [-0.3, -0.25) is 14.4 Å². The van der Waals surface area contributed by atoms with Gasteiger partial charge in [-0.25, -0.2) is 13.4 Å². The lowest BCUT2D eigenvalue weighted by Gasteiger charge is -2.29. The predicted molar refractivity (Wildman–Crippen MR) is 182 cm³/mol. The number of primary amides is 1. The van der Waals surface area contributed by atoms with Crippen LogP contribution in [-0.2, 0) is 31.0 Å². The molecule has 0 aliphatic carbocycles. The first-order valence-electron chi connectivity index (χ1n) is 16.6. The van der Waals surface area contributed by atoms with Crippen LogP contribution in [0.2, 0.25) is 0 Å². The molecule has 50 heavy (non-hydrogen) atoms. The van der Waals surface area contributed by atoms with E-state index in [1.165, 1.54) is 23.4 Å². The topological polar surface area (TPSA) is 185 Å². The number of hydrogen-bond acceptors (Lipinski definition) is 10. The Labute approximate surface area is 291 Å². The summed E-state index contributed by atoms with van der Waals surface area (Å²) in [6.45, 7) is 3.50. The van der Waals surface area contributed by atoms with Crippen LogP contribution in [0.4, 0.5) is 0 Å². The van der Waals surface area contributed by atoms with Crippen LogP contribution in [0, 0.1) is 0 Å². The van der Waals surface area contributed by atoms with Crippen LogP contribution in [-0.4, -0.2) is 104 Å². The van der Waals surface area contributed by atoms with Gasteiger partial charge in [0.1, 0.15) is 25.1 Å². The summed E-state index contributed by atoms with van der Waals surface area (Å²) in [7, 11) is -2.41. The van der Waals surface area contributed by atoms with Crippen molar-refractivity contribution in [1.29, 1.82) is 0 Å². The van der Waals surface area contributed by atoms with Crippen molar-refractivity contribution in [2.75, 3.05) is 53.1 Å². The molecule has 0 fully saturated rings. The van der Waals surface area contributed by atoms with Crippen molar-refractivity contribution in [2.45, 2.75) is 56.5 Å². The zero-order valence-electron chi connectivity index (χ0n) is 28.3. The number of rotatable bonds is 8. The molecule has 16 heteroatoms. The molecule has 2 bridgehead atoms. The van der Waals surface area contributed by atoms with E-state index in [-0.39, 0.29) is 56.4 Å². The summed E-state index contributed by atoms with van der Waals surface area (Å²) in [5.74, 6) is 1.16. The fourth-order valence-corrected chi connectivity index (χ4v) is 7.48. The first-order valence-corrected chi connectivity index (χ1v) is 18.1. The van der Waals surface area contributed by atoms with E-state index in [0.717, 1.165) is 5.56 Å². The fourth-order valence-electron chi connectivity index (χ4n) is 5.95. The molecule has 1 aromatic heterocycles. The molecule has 5 rings (SSSR count). The minimum absolute atomic E-state index is 0.0523. The highest BCUT2D eigenvalue weighted by molar-refractivity contribution is 7.89.